The number of benzene rings is 1. The summed E-state index contributed by atoms with van der Waals surface area (Å²) in [6.45, 7) is 0. The Balaban J connectivity index is 2.22. The molecule has 0 amide bonds. The van der Waals surface area contributed by atoms with Gasteiger partial charge in [0, 0.05) is 16.7 Å². The van der Waals surface area contributed by atoms with Gasteiger partial charge >= 0.3 is 0 Å². The highest BCUT2D eigenvalue weighted by molar-refractivity contribution is 6.37. The molecule has 0 atom stereocenters. The van der Waals surface area contributed by atoms with Crippen LogP contribution < -0.4 is 9.47 Å². The van der Waals surface area contributed by atoms with E-state index in [9.17, 15) is 4.79 Å². The van der Waals surface area contributed by atoms with E-state index in [1.165, 1.54) is 32.6 Å². The van der Waals surface area contributed by atoms with E-state index >= 15 is 0 Å². The Bertz CT molecular complexity index is 729. The van der Waals surface area contributed by atoms with Gasteiger partial charge < -0.3 is 9.47 Å². The molecule has 2 rings (SSSR count). The molecule has 0 N–H and O–H groups in total. The van der Waals surface area contributed by atoms with E-state index in [4.69, 9.17) is 32.7 Å². The third-order valence-electron chi connectivity index (χ3n) is 2.89. The Morgan fingerprint density at radius 3 is 2.50 bits per heavy atom. The van der Waals surface area contributed by atoms with Gasteiger partial charge in [-0.1, -0.05) is 23.2 Å². The fraction of sp³-hybridized carbons (Fsp3) is 0.125. The highest BCUT2D eigenvalue weighted by Crippen LogP contribution is 2.26. The molecule has 0 saturated carbocycles. The van der Waals surface area contributed by atoms with Crippen molar-refractivity contribution in [3.63, 3.8) is 0 Å². The van der Waals surface area contributed by atoms with Crippen LogP contribution in [0.3, 0.4) is 0 Å². The van der Waals surface area contributed by atoms with Crippen molar-refractivity contribution >= 4 is 35.1 Å². The van der Waals surface area contributed by atoms with E-state index in [-0.39, 0.29) is 5.78 Å². The second-order valence-corrected chi connectivity index (χ2v) is 5.13. The van der Waals surface area contributed by atoms with E-state index in [2.05, 4.69) is 4.98 Å². The van der Waals surface area contributed by atoms with Gasteiger partial charge in [0.05, 0.1) is 31.1 Å². The van der Waals surface area contributed by atoms with Crippen LogP contribution in [0.4, 0.5) is 0 Å². The van der Waals surface area contributed by atoms with Gasteiger partial charge in [0.2, 0.25) is 0 Å². The number of hydrogen-bond acceptors (Lipinski definition) is 4. The lowest BCUT2D eigenvalue weighted by Gasteiger charge is -2.06. The number of allylic oxidation sites excluding steroid dienone is 1. The molecule has 0 radical (unpaired) electrons. The van der Waals surface area contributed by atoms with Crippen molar-refractivity contribution in [1.29, 1.82) is 0 Å². The van der Waals surface area contributed by atoms with Crippen LogP contribution in [0.25, 0.3) is 6.08 Å². The normalized spacial score (nSPS) is 10.7. The number of carbonyl (C=O) groups is 1. The van der Waals surface area contributed by atoms with Crippen LogP contribution in [-0.2, 0) is 0 Å². The summed E-state index contributed by atoms with van der Waals surface area (Å²) in [7, 11) is 3.06. The van der Waals surface area contributed by atoms with Gasteiger partial charge in [-0.3, -0.25) is 9.78 Å². The van der Waals surface area contributed by atoms with Crippen molar-refractivity contribution in [3.8, 4) is 11.5 Å². The van der Waals surface area contributed by atoms with Crippen molar-refractivity contribution in [2.45, 2.75) is 0 Å². The summed E-state index contributed by atoms with van der Waals surface area (Å²) < 4.78 is 10.3. The number of pyridine rings is 1. The summed E-state index contributed by atoms with van der Waals surface area (Å²) in [6, 6.07) is 6.40. The lowest BCUT2D eigenvalue weighted by molar-refractivity contribution is 0.104. The lowest BCUT2D eigenvalue weighted by Crippen LogP contribution is -1.96. The maximum atomic E-state index is 12.1. The number of aromatic nitrogens is 1. The van der Waals surface area contributed by atoms with Gasteiger partial charge in [-0.25, -0.2) is 0 Å². The first-order valence-corrected chi connectivity index (χ1v) is 7.06. The third-order valence-corrected chi connectivity index (χ3v) is 3.44. The first-order valence-electron chi connectivity index (χ1n) is 6.30. The van der Waals surface area contributed by atoms with Crippen LogP contribution >= 0.6 is 23.2 Å². The maximum Gasteiger partial charge on any atom is 0.187 e. The minimum atomic E-state index is -0.238. The van der Waals surface area contributed by atoms with Crippen LogP contribution in [-0.4, -0.2) is 25.0 Å². The first kappa shape index (κ1) is 16.3. The van der Waals surface area contributed by atoms with E-state index in [1.54, 1.807) is 24.3 Å². The first-order chi connectivity index (χ1) is 10.5. The fourth-order valence-electron chi connectivity index (χ4n) is 1.78. The molecule has 0 spiro atoms. The molecule has 114 valence electrons. The van der Waals surface area contributed by atoms with Gasteiger partial charge in [0.1, 0.15) is 0 Å². The van der Waals surface area contributed by atoms with E-state index < -0.39 is 0 Å². The largest absolute Gasteiger partial charge is 0.493 e. The zero-order chi connectivity index (χ0) is 16.1. The minimum absolute atomic E-state index is 0.238. The monoisotopic (exact) mass is 337 g/mol. The standard InChI is InChI=1S/C16H13Cl2NO3/c1-21-15-8-11(19-9-16(15)22-2)4-6-14(20)12-5-3-10(17)7-13(12)18/h3-9H,1-2H3/b6-4+. The summed E-state index contributed by atoms with van der Waals surface area (Å²) in [5, 5.41) is 0.787. The Morgan fingerprint density at radius 1 is 1.14 bits per heavy atom. The van der Waals surface area contributed by atoms with Gasteiger partial charge in [-0.05, 0) is 30.4 Å². The Kier molecular flexibility index (Phi) is 5.41. The fourth-order valence-corrected chi connectivity index (χ4v) is 2.29. The zero-order valence-electron chi connectivity index (χ0n) is 12.0. The molecule has 0 saturated heterocycles. The summed E-state index contributed by atoms with van der Waals surface area (Å²) in [4.78, 5) is 16.3. The van der Waals surface area contributed by atoms with Crippen LogP contribution in [0.2, 0.25) is 10.0 Å². The van der Waals surface area contributed by atoms with Gasteiger partial charge in [0.25, 0.3) is 0 Å². The predicted octanol–water partition coefficient (Wildman–Crippen LogP) is 4.30. The van der Waals surface area contributed by atoms with Crippen molar-refractivity contribution in [1.82, 2.24) is 4.98 Å². The van der Waals surface area contributed by atoms with Crippen molar-refractivity contribution < 1.29 is 14.3 Å². The summed E-state index contributed by atoms with van der Waals surface area (Å²) >= 11 is 11.8. The number of hydrogen-bond donors (Lipinski definition) is 0. The highest BCUT2D eigenvalue weighted by Gasteiger charge is 2.08. The molecule has 0 aliphatic rings. The maximum absolute atomic E-state index is 12.1. The molecular formula is C16H13Cl2NO3. The average Bonchev–Trinajstić information content (AvgIpc) is 2.52. The van der Waals surface area contributed by atoms with Crippen molar-refractivity contribution in [2.24, 2.45) is 0 Å². The average molecular weight is 338 g/mol. The van der Waals surface area contributed by atoms with Crippen LogP contribution in [0.1, 0.15) is 16.1 Å². The molecule has 1 heterocycles. The Labute approximate surface area is 138 Å². The molecule has 2 aromatic rings. The molecule has 6 heteroatoms. The van der Waals surface area contributed by atoms with Crippen molar-refractivity contribution in [3.05, 3.63) is 57.8 Å². The molecule has 0 aliphatic carbocycles. The van der Waals surface area contributed by atoms with Crippen LogP contribution in [0, 0.1) is 0 Å². The summed E-state index contributed by atoms with van der Waals surface area (Å²) in [6.07, 6.45) is 4.50. The molecule has 1 aromatic carbocycles. The minimum Gasteiger partial charge on any atom is -0.493 e. The molecule has 0 unspecified atom stereocenters. The summed E-state index contributed by atoms with van der Waals surface area (Å²) in [5.41, 5.74) is 0.943. The summed E-state index contributed by atoms with van der Waals surface area (Å²) in [5.74, 6) is 0.819. The molecule has 0 aliphatic heterocycles. The van der Waals surface area contributed by atoms with Crippen LogP contribution in [0.5, 0.6) is 11.5 Å². The molecular weight excluding hydrogens is 325 g/mol. The molecule has 1 aromatic heterocycles. The van der Waals surface area contributed by atoms with Crippen LogP contribution in [0.15, 0.2) is 36.5 Å². The quantitative estimate of drug-likeness (QED) is 0.602. The van der Waals surface area contributed by atoms with Gasteiger partial charge in [-0.2, -0.15) is 0 Å². The SMILES string of the molecule is COc1cnc(/C=C/C(=O)c2ccc(Cl)cc2Cl)cc1OC. The Morgan fingerprint density at radius 2 is 1.86 bits per heavy atom. The number of rotatable bonds is 5. The third kappa shape index (κ3) is 3.78. The van der Waals surface area contributed by atoms with E-state index in [0.717, 1.165) is 0 Å². The smallest absolute Gasteiger partial charge is 0.187 e. The predicted molar refractivity (Wildman–Crippen MR) is 87.2 cm³/mol. The van der Waals surface area contributed by atoms with Gasteiger partial charge in [0.15, 0.2) is 17.3 Å². The Hall–Kier alpha value is -2.04. The van der Waals surface area contributed by atoms with Gasteiger partial charge in [-0.15, -0.1) is 0 Å². The zero-order valence-corrected chi connectivity index (χ0v) is 13.5. The second kappa shape index (κ2) is 7.29. The number of ether oxygens (including phenoxy) is 2. The number of methoxy groups -OCH3 is 2. The second-order valence-electron chi connectivity index (χ2n) is 4.29. The number of carbonyl (C=O) groups excluding carboxylic acids is 1. The highest BCUT2D eigenvalue weighted by atomic mass is 35.5. The van der Waals surface area contributed by atoms with E-state index in [0.29, 0.717) is 32.8 Å². The topological polar surface area (TPSA) is 48.4 Å². The number of nitrogens with zero attached hydrogens (tertiary/aromatic N) is 1. The lowest BCUT2D eigenvalue weighted by atomic mass is 10.1. The molecule has 4 nitrogen and oxygen atoms in total. The molecule has 0 fully saturated rings. The molecule has 22 heavy (non-hydrogen) atoms. The number of ketones is 1. The molecule has 0 bridgehead atoms. The number of halogens is 2. The van der Waals surface area contributed by atoms with E-state index in [1.807, 2.05) is 0 Å². The van der Waals surface area contributed by atoms with Crippen molar-refractivity contribution in [2.75, 3.05) is 14.2 Å².